The average Bonchev–Trinajstić information content (AvgIpc) is 3.21. The summed E-state index contributed by atoms with van der Waals surface area (Å²) in [7, 11) is 4.05. The normalized spacial score (nSPS) is 11.5. The van der Waals surface area contributed by atoms with Gasteiger partial charge in [0.1, 0.15) is 17.1 Å². The van der Waals surface area contributed by atoms with Gasteiger partial charge in [-0.05, 0) is 49.4 Å². The molecule has 318 valence electrons. The Morgan fingerprint density at radius 3 is 1.73 bits per heavy atom. The molecule has 0 aromatic heterocycles. The number of fused-ring (bicyclic) bond motifs is 8. The maximum absolute atomic E-state index is 13.5. The number of carbonyl (C=O) groups excluding carboxylic acids is 3. The molecule has 4 aromatic carbocycles. The summed E-state index contributed by atoms with van der Waals surface area (Å²) >= 11 is 0. The van der Waals surface area contributed by atoms with Crippen molar-refractivity contribution < 1.29 is 22.8 Å². The van der Waals surface area contributed by atoms with Crippen LogP contribution in [0.15, 0.2) is 88.5 Å². The van der Waals surface area contributed by atoms with Gasteiger partial charge in [-0.25, -0.2) is 18.4 Å². The number of carbonyl (C=O) groups is 3. The monoisotopic (exact) mass is 855 g/mol. The Morgan fingerprint density at radius 1 is 0.661 bits per heavy atom. The van der Waals surface area contributed by atoms with Crippen LogP contribution < -0.4 is 36.0 Å². The van der Waals surface area contributed by atoms with Gasteiger partial charge in [0.05, 0.1) is 51.1 Å². The molecule has 0 fully saturated rings. The van der Waals surface area contributed by atoms with Gasteiger partial charge in [-0.15, -0.1) is 0 Å². The number of aromatic nitrogens is 4. The van der Waals surface area contributed by atoms with Crippen LogP contribution in [0.5, 0.6) is 0 Å². The molecular formula is C45H45N9O7S. The van der Waals surface area contributed by atoms with Crippen molar-refractivity contribution in [3.63, 3.8) is 0 Å². The molecule has 2 amide bonds. The maximum atomic E-state index is 13.5. The van der Waals surface area contributed by atoms with Gasteiger partial charge in [0.15, 0.2) is 0 Å². The predicted octanol–water partition coefficient (Wildman–Crippen LogP) is 6.41. The van der Waals surface area contributed by atoms with Gasteiger partial charge in [0.2, 0.25) is 38.6 Å². The second kappa shape index (κ2) is 16.2. The molecule has 4 aromatic rings. The molecule has 3 N–H and O–H groups in total. The number of anilines is 5. The summed E-state index contributed by atoms with van der Waals surface area (Å²) in [5, 5.41) is 7.05. The molecule has 0 saturated carbocycles. The molecule has 62 heavy (non-hydrogen) atoms. The third-order valence-electron chi connectivity index (χ3n) is 10.3. The zero-order valence-corrected chi connectivity index (χ0v) is 36.5. The summed E-state index contributed by atoms with van der Waals surface area (Å²) in [6, 6.07) is 23.3. The minimum atomic E-state index is -3.61. The minimum Gasteiger partial charge on any atom is -0.378 e. The Bertz CT molecular complexity index is 3340. The van der Waals surface area contributed by atoms with E-state index in [1.54, 1.807) is 36.4 Å². The topological polar surface area (TPSA) is 198 Å². The van der Waals surface area contributed by atoms with Crippen molar-refractivity contribution in [2.75, 3.05) is 59.6 Å². The lowest BCUT2D eigenvalue weighted by Crippen LogP contribution is -2.23. The second-order valence-electron chi connectivity index (χ2n) is 15.3. The lowest BCUT2D eigenvalue weighted by molar-refractivity contribution is -0.115. The van der Waals surface area contributed by atoms with E-state index in [9.17, 15) is 32.4 Å². The van der Waals surface area contributed by atoms with Crippen molar-refractivity contribution in [2.24, 2.45) is 0 Å². The van der Waals surface area contributed by atoms with Crippen molar-refractivity contribution in [1.29, 1.82) is 0 Å². The first-order valence-corrected chi connectivity index (χ1v) is 21.4. The number of sulfonamides is 1. The van der Waals surface area contributed by atoms with Crippen LogP contribution in [-0.2, 0) is 26.2 Å². The molecule has 0 bridgehead atoms. The first-order chi connectivity index (χ1) is 29.3. The number of aryl methyl sites for hydroxylation is 1. The van der Waals surface area contributed by atoms with E-state index < -0.39 is 21.4 Å². The molecular weight excluding hydrogens is 811 g/mol. The molecule has 0 atom stereocenters. The molecule has 2 aliphatic heterocycles. The largest absolute Gasteiger partial charge is 0.378 e. The molecule has 0 saturated heterocycles. The Morgan fingerprint density at radius 2 is 1.18 bits per heavy atom. The third kappa shape index (κ3) is 7.73. The Hall–Kier alpha value is -7.40. The summed E-state index contributed by atoms with van der Waals surface area (Å²) in [6.07, 6.45) is 1.05. The fourth-order valence-electron chi connectivity index (χ4n) is 7.72. The van der Waals surface area contributed by atoms with Crippen LogP contribution in [0.4, 0.5) is 28.4 Å². The van der Waals surface area contributed by atoms with Gasteiger partial charge < -0.3 is 25.0 Å². The summed E-state index contributed by atoms with van der Waals surface area (Å²) in [6.45, 7) is 6.53. The maximum Gasteiger partial charge on any atom is 0.229 e. The van der Waals surface area contributed by atoms with Crippen molar-refractivity contribution in [3.05, 3.63) is 99.3 Å². The molecule has 0 radical (unpaired) electrons. The highest BCUT2D eigenvalue weighted by Gasteiger charge is 2.28. The number of nitrogens with zero attached hydrogens (tertiary/aromatic N) is 6. The average molecular weight is 856 g/mol. The van der Waals surface area contributed by atoms with Crippen molar-refractivity contribution in [3.8, 4) is 22.8 Å². The van der Waals surface area contributed by atoms with Gasteiger partial charge in [0, 0.05) is 88.4 Å². The fraction of sp³-hybridized carbons (Fsp3) is 0.222. The third-order valence-corrected chi connectivity index (χ3v) is 10.9. The van der Waals surface area contributed by atoms with E-state index in [0.717, 1.165) is 23.1 Å². The summed E-state index contributed by atoms with van der Waals surface area (Å²) < 4.78 is 30.0. The summed E-state index contributed by atoms with van der Waals surface area (Å²) in [5.41, 5.74) is 5.84. The van der Waals surface area contributed by atoms with Crippen LogP contribution in [0.1, 0.15) is 32.5 Å². The number of amides is 2. The van der Waals surface area contributed by atoms with Crippen LogP contribution in [0.3, 0.4) is 0 Å². The molecule has 16 nitrogen and oxygen atoms in total. The zero-order chi connectivity index (χ0) is 44.9. The van der Waals surface area contributed by atoms with Gasteiger partial charge in [-0.3, -0.25) is 33.3 Å². The number of hydrogen-bond acceptors (Lipinski definition) is 11. The quantitative estimate of drug-likeness (QED) is 0.118. The van der Waals surface area contributed by atoms with E-state index in [1.807, 2.05) is 91.9 Å². The standard InChI is InChI=1S/C23H25N5O4S.C22H20N4O3/c1-6-28-18-12-14(27(3)4)10-11-16(18)25-20-19-15(8-7-9-17(19)26-33(5,31)32)23(30)21(22(20)28)24-13(2)29;1-12(27)23-20-21-19(15-7-5-6-8-16(15)22(20)29)24-17-10-9-14(25(3)4)11-18(17)26(21)13(2)28/h7-12,26H,6H2,1-5H3,(H,24,29);5-11H,1-4H3,(H,23,27). The first kappa shape index (κ1) is 42.7. The van der Waals surface area contributed by atoms with Crippen LogP contribution in [-0.4, -0.2) is 79.7 Å². The predicted molar refractivity (Wildman–Crippen MR) is 248 cm³/mol. The van der Waals surface area contributed by atoms with Gasteiger partial charge in [0.25, 0.3) is 0 Å². The van der Waals surface area contributed by atoms with E-state index >= 15 is 0 Å². The lowest BCUT2D eigenvalue weighted by Gasteiger charge is -2.24. The smallest absolute Gasteiger partial charge is 0.229 e. The van der Waals surface area contributed by atoms with Gasteiger partial charge in [-0.1, -0.05) is 36.4 Å². The summed E-state index contributed by atoms with van der Waals surface area (Å²) in [4.78, 5) is 76.9. The number of nitrogens with one attached hydrogen (secondary N) is 3. The van der Waals surface area contributed by atoms with E-state index in [4.69, 9.17) is 9.97 Å². The van der Waals surface area contributed by atoms with Gasteiger partial charge >= 0.3 is 0 Å². The second-order valence-corrected chi connectivity index (χ2v) is 17.0. The Kier molecular flexibility index (Phi) is 11.2. The molecule has 0 spiro atoms. The molecule has 2 aliphatic carbocycles. The number of rotatable bonds is 7. The first-order valence-electron chi connectivity index (χ1n) is 19.5. The van der Waals surface area contributed by atoms with E-state index in [1.165, 1.54) is 25.3 Å². The number of hydrogen-bond donors (Lipinski definition) is 3. The van der Waals surface area contributed by atoms with Crippen LogP contribution in [0.2, 0.25) is 0 Å². The Balaban J connectivity index is 0.000000188. The number of benzene rings is 6. The highest BCUT2D eigenvalue weighted by Crippen LogP contribution is 2.40. The molecule has 4 aliphatic rings. The summed E-state index contributed by atoms with van der Waals surface area (Å²) in [5.74, 6) is -1.06. The van der Waals surface area contributed by atoms with Crippen LogP contribution in [0, 0.1) is 0 Å². The van der Waals surface area contributed by atoms with Crippen molar-refractivity contribution in [2.45, 2.75) is 34.2 Å². The molecule has 2 heterocycles. The van der Waals surface area contributed by atoms with E-state index in [-0.39, 0.29) is 39.7 Å². The van der Waals surface area contributed by atoms with Crippen LogP contribution >= 0.6 is 0 Å². The van der Waals surface area contributed by atoms with Crippen LogP contribution in [0.25, 0.3) is 66.4 Å². The van der Waals surface area contributed by atoms with Crippen molar-refractivity contribution >= 4 is 99.8 Å². The Labute approximate surface area is 356 Å². The van der Waals surface area contributed by atoms with E-state index in [0.29, 0.717) is 62.0 Å². The van der Waals surface area contributed by atoms with Crippen molar-refractivity contribution in [1.82, 2.24) is 19.1 Å². The highest BCUT2D eigenvalue weighted by molar-refractivity contribution is 7.92. The zero-order valence-electron chi connectivity index (χ0n) is 35.7. The molecule has 0 unspecified atom stereocenters. The molecule has 8 rings (SSSR count). The highest BCUT2D eigenvalue weighted by atomic mass is 32.2. The van der Waals surface area contributed by atoms with E-state index in [2.05, 4.69) is 15.4 Å². The SMILES string of the molecule is CC(=O)Nc1c2n(C(C)=O)c3cc(N(C)C)ccc3nc-2c2ccccc2c1=O.CCn1c2c(NC(C)=O)c(=O)c3cccc(NS(C)(=O)=O)c3c-2nc2ccc(N(C)C)cc21. The lowest BCUT2D eigenvalue weighted by atomic mass is 9.99. The van der Waals surface area contributed by atoms with Gasteiger partial charge in [-0.2, -0.15) is 0 Å². The minimum absolute atomic E-state index is 0.0612. The molecule has 17 heteroatoms. The fourth-order valence-corrected chi connectivity index (χ4v) is 8.29.